The Bertz CT molecular complexity index is 731. The van der Waals surface area contributed by atoms with Gasteiger partial charge in [-0.2, -0.15) is 0 Å². The van der Waals surface area contributed by atoms with E-state index in [-0.39, 0.29) is 11.5 Å². The van der Waals surface area contributed by atoms with E-state index in [4.69, 9.17) is 14.0 Å². The van der Waals surface area contributed by atoms with E-state index in [0.717, 1.165) is 0 Å². The van der Waals surface area contributed by atoms with Gasteiger partial charge in [-0.1, -0.05) is 35.5 Å². The molecular weight excluding hydrogens is 324 g/mol. The van der Waals surface area contributed by atoms with Gasteiger partial charge < -0.3 is 18.9 Å². The van der Waals surface area contributed by atoms with Gasteiger partial charge in [-0.3, -0.25) is 4.79 Å². The Hall–Kier alpha value is -2.67. The first-order valence-corrected chi connectivity index (χ1v) is 8.13. The zero-order chi connectivity index (χ0) is 17.8. The van der Waals surface area contributed by atoms with Crippen LogP contribution in [0.5, 0.6) is 0 Å². The minimum Gasteiger partial charge on any atom is -0.444 e. The Morgan fingerprint density at radius 3 is 2.44 bits per heavy atom. The van der Waals surface area contributed by atoms with Gasteiger partial charge in [0.05, 0.1) is 18.9 Å². The van der Waals surface area contributed by atoms with Crippen LogP contribution in [-0.2, 0) is 14.3 Å². The topological polar surface area (TPSA) is 81.9 Å². The van der Waals surface area contributed by atoms with Gasteiger partial charge in [-0.15, -0.1) is 0 Å². The predicted octanol–water partition coefficient (Wildman–Crippen LogP) is 2.05. The van der Waals surface area contributed by atoms with Crippen LogP contribution in [0.4, 0.5) is 0 Å². The highest BCUT2D eigenvalue weighted by Gasteiger charge is 2.32. The van der Waals surface area contributed by atoms with Crippen molar-refractivity contribution in [2.75, 3.05) is 26.3 Å². The molecule has 1 amide bonds. The number of esters is 1. The van der Waals surface area contributed by atoms with E-state index in [1.165, 1.54) is 0 Å². The monoisotopic (exact) mass is 344 g/mol. The molecule has 132 valence electrons. The third kappa shape index (κ3) is 3.71. The molecule has 0 radical (unpaired) electrons. The molecule has 3 rings (SSSR count). The Kier molecular flexibility index (Phi) is 5.14. The summed E-state index contributed by atoms with van der Waals surface area (Å²) in [6.45, 7) is 5.21. The maximum atomic E-state index is 12.9. The summed E-state index contributed by atoms with van der Waals surface area (Å²) < 4.78 is 15.9. The minimum atomic E-state index is -1.01. The Morgan fingerprint density at radius 2 is 1.84 bits per heavy atom. The first-order chi connectivity index (χ1) is 12.1. The van der Waals surface area contributed by atoms with Crippen molar-refractivity contribution in [3.63, 3.8) is 0 Å². The molecule has 0 N–H and O–H groups in total. The second-order valence-corrected chi connectivity index (χ2v) is 5.83. The molecule has 2 aromatic rings. The molecule has 25 heavy (non-hydrogen) atoms. The molecule has 1 aliphatic heterocycles. The van der Waals surface area contributed by atoms with E-state index in [1.807, 2.05) is 6.07 Å². The van der Waals surface area contributed by atoms with E-state index in [9.17, 15) is 9.59 Å². The number of carbonyl (C=O) groups is 2. The molecule has 1 aromatic heterocycles. The molecule has 0 aliphatic carbocycles. The van der Waals surface area contributed by atoms with Crippen LogP contribution in [0, 0.1) is 13.8 Å². The highest BCUT2D eigenvalue weighted by Crippen LogP contribution is 2.24. The van der Waals surface area contributed by atoms with Crippen molar-refractivity contribution in [3.05, 3.63) is 52.9 Å². The largest absolute Gasteiger partial charge is 0.444 e. The fourth-order valence-corrected chi connectivity index (χ4v) is 2.78. The first-order valence-electron chi connectivity index (χ1n) is 8.13. The number of carbonyl (C=O) groups excluding carboxylic acids is 2. The van der Waals surface area contributed by atoms with Crippen molar-refractivity contribution < 1.29 is 23.6 Å². The molecular formula is C18H20N2O5. The minimum absolute atomic E-state index is 0.255. The Morgan fingerprint density at radius 1 is 1.16 bits per heavy atom. The van der Waals surface area contributed by atoms with Gasteiger partial charge in [-0.05, 0) is 13.8 Å². The standard InChI is InChI=1S/C18H20N2O5/c1-12-15(13(2)25-19-12)18(22)24-16(14-6-4-3-5-7-14)17(21)20-8-10-23-11-9-20/h3-7,16H,8-11H2,1-2H3/t16-/m1/s1. The van der Waals surface area contributed by atoms with Crippen molar-refractivity contribution in [2.45, 2.75) is 20.0 Å². The predicted molar refractivity (Wildman–Crippen MR) is 88.0 cm³/mol. The van der Waals surface area contributed by atoms with Crippen molar-refractivity contribution in [2.24, 2.45) is 0 Å². The maximum Gasteiger partial charge on any atom is 0.344 e. The van der Waals surface area contributed by atoms with E-state index < -0.39 is 12.1 Å². The molecule has 1 fully saturated rings. The molecule has 0 saturated carbocycles. The summed E-state index contributed by atoms with van der Waals surface area (Å²) in [5.74, 6) is -0.505. The third-order valence-electron chi connectivity index (χ3n) is 4.11. The van der Waals surface area contributed by atoms with Crippen LogP contribution in [0.2, 0.25) is 0 Å². The second kappa shape index (κ2) is 7.48. The first kappa shape index (κ1) is 17.2. The van der Waals surface area contributed by atoms with Gasteiger partial charge in [0.15, 0.2) is 0 Å². The average Bonchev–Trinajstić information content (AvgIpc) is 2.99. The number of ether oxygens (including phenoxy) is 2. The second-order valence-electron chi connectivity index (χ2n) is 5.83. The van der Waals surface area contributed by atoms with Crippen LogP contribution < -0.4 is 0 Å². The van der Waals surface area contributed by atoms with Crippen molar-refractivity contribution in [3.8, 4) is 0 Å². The van der Waals surface area contributed by atoms with E-state index >= 15 is 0 Å². The van der Waals surface area contributed by atoms with Crippen molar-refractivity contribution >= 4 is 11.9 Å². The smallest absolute Gasteiger partial charge is 0.344 e. The molecule has 1 atom stereocenters. The molecule has 1 aliphatic rings. The average molecular weight is 344 g/mol. The molecule has 0 unspecified atom stereocenters. The zero-order valence-electron chi connectivity index (χ0n) is 14.2. The fourth-order valence-electron chi connectivity index (χ4n) is 2.78. The maximum absolute atomic E-state index is 12.9. The van der Waals surface area contributed by atoms with Crippen molar-refractivity contribution in [1.29, 1.82) is 0 Å². The lowest BCUT2D eigenvalue weighted by molar-refractivity contribution is -0.145. The summed E-state index contributed by atoms with van der Waals surface area (Å²) in [6.07, 6.45) is -1.01. The van der Waals surface area contributed by atoms with Crippen molar-refractivity contribution in [1.82, 2.24) is 10.1 Å². The molecule has 1 saturated heterocycles. The summed E-state index contributed by atoms with van der Waals surface area (Å²) in [4.78, 5) is 27.2. The molecule has 2 heterocycles. The number of morpholine rings is 1. The number of hydrogen-bond acceptors (Lipinski definition) is 6. The summed E-state index contributed by atoms with van der Waals surface area (Å²) >= 11 is 0. The van der Waals surface area contributed by atoms with Crippen LogP contribution >= 0.6 is 0 Å². The van der Waals surface area contributed by atoms with E-state index in [0.29, 0.717) is 43.3 Å². The number of benzene rings is 1. The number of nitrogens with zero attached hydrogens (tertiary/aromatic N) is 2. The highest BCUT2D eigenvalue weighted by molar-refractivity contribution is 5.94. The summed E-state index contributed by atoms with van der Waals surface area (Å²) in [6, 6.07) is 8.99. The molecule has 7 nitrogen and oxygen atoms in total. The normalized spacial score (nSPS) is 15.7. The van der Waals surface area contributed by atoms with Crippen LogP contribution in [0.1, 0.15) is 33.5 Å². The van der Waals surface area contributed by atoms with Gasteiger partial charge in [-0.25, -0.2) is 4.79 Å². The van der Waals surface area contributed by atoms with Crippen LogP contribution in [0.15, 0.2) is 34.9 Å². The van der Waals surface area contributed by atoms with Crippen LogP contribution in [-0.4, -0.2) is 48.2 Å². The SMILES string of the molecule is Cc1noc(C)c1C(=O)O[C@@H](C(=O)N1CCOCC1)c1ccccc1. The zero-order valence-corrected chi connectivity index (χ0v) is 14.2. The Labute approximate surface area is 145 Å². The van der Waals surface area contributed by atoms with E-state index in [2.05, 4.69) is 5.16 Å². The van der Waals surface area contributed by atoms with Crippen LogP contribution in [0.25, 0.3) is 0 Å². The lowest BCUT2D eigenvalue weighted by Gasteiger charge is -2.30. The number of rotatable bonds is 4. The van der Waals surface area contributed by atoms with Gasteiger partial charge >= 0.3 is 5.97 Å². The summed E-state index contributed by atoms with van der Waals surface area (Å²) in [5.41, 5.74) is 1.32. The van der Waals surface area contributed by atoms with Crippen LogP contribution in [0.3, 0.4) is 0 Å². The lowest BCUT2D eigenvalue weighted by Crippen LogP contribution is -2.44. The fraction of sp³-hybridized carbons (Fsp3) is 0.389. The molecule has 0 bridgehead atoms. The molecule has 0 spiro atoms. The Balaban J connectivity index is 1.86. The number of hydrogen-bond donors (Lipinski definition) is 0. The third-order valence-corrected chi connectivity index (χ3v) is 4.11. The van der Waals surface area contributed by atoms with Gasteiger partial charge in [0, 0.05) is 18.7 Å². The van der Waals surface area contributed by atoms with E-state index in [1.54, 1.807) is 43.0 Å². The van der Waals surface area contributed by atoms with Gasteiger partial charge in [0.25, 0.3) is 5.91 Å². The highest BCUT2D eigenvalue weighted by atomic mass is 16.6. The molecule has 1 aromatic carbocycles. The number of aryl methyl sites for hydroxylation is 2. The summed E-state index contributed by atoms with van der Waals surface area (Å²) in [7, 11) is 0. The molecule has 7 heteroatoms. The number of aromatic nitrogens is 1. The quantitative estimate of drug-likeness (QED) is 0.790. The summed E-state index contributed by atoms with van der Waals surface area (Å²) in [5, 5.41) is 3.76. The van der Waals surface area contributed by atoms with Gasteiger partial charge in [0.1, 0.15) is 11.3 Å². The number of amides is 1. The lowest BCUT2D eigenvalue weighted by atomic mass is 10.1. The van der Waals surface area contributed by atoms with Gasteiger partial charge in [0.2, 0.25) is 6.10 Å².